The van der Waals surface area contributed by atoms with Gasteiger partial charge in [0, 0.05) is 13.2 Å². The summed E-state index contributed by atoms with van der Waals surface area (Å²) in [6, 6.07) is 0. The fraction of sp³-hybridized carbons (Fsp3) is 1.00. The Labute approximate surface area is 100 Å². The van der Waals surface area contributed by atoms with Gasteiger partial charge in [0.15, 0.2) is 0 Å². The molecule has 0 aromatic carbocycles. The van der Waals surface area contributed by atoms with Crippen molar-refractivity contribution in [3.63, 3.8) is 0 Å². The molecule has 0 bridgehead atoms. The first kappa shape index (κ1) is 12.4. The first-order valence-electron chi connectivity index (χ1n) is 7.14. The van der Waals surface area contributed by atoms with Crippen LogP contribution in [0.4, 0.5) is 0 Å². The molecule has 0 radical (unpaired) electrons. The van der Waals surface area contributed by atoms with Crippen molar-refractivity contribution < 1.29 is 4.74 Å². The predicted octanol–water partition coefficient (Wildman–Crippen LogP) is 2.83. The smallest absolute Gasteiger partial charge is 0.0468 e. The van der Waals surface area contributed by atoms with E-state index >= 15 is 0 Å². The molecular weight excluding hydrogens is 198 g/mol. The van der Waals surface area contributed by atoms with Crippen molar-refractivity contribution >= 4 is 0 Å². The molecule has 1 N–H and O–H groups in total. The zero-order valence-corrected chi connectivity index (χ0v) is 10.7. The predicted molar refractivity (Wildman–Crippen MR) is 67.5 cm³/mol. The van der Waals surface area contributed by atoms with Gasteiger partial charge in [-0.05, 0) is 57.0 Å². The minimum Gasteiger partial charge on any atom is -0.381 e. The molecule has 2 atom stereocenters. The Morgan fingerprint density at radius 3 is 2.50 bits per heavy atom. The van der Waals surface area contributed by atoms with Crippen molar-refractivity contribution in [3.05, 3.63) is 0 Å². The summed E-state index contributed by atoms with van der Waals surface area (Å²) in [7, 11) is 2.10. The second kappa shape index (κ2) is 6.61. The maximum Gasteiger partial charge on any atom is 0.0468 e. The van der Waals surface area contributed by atoms with Gasteiger partial charge >= 0.3 is 0 Å². The number of hydrogen-bond acceptors (Lipinski definition) is 2. The van der Waals surface area contributed by atoms with Gasteiger partial charge in [0.25, 0.3) is 0 Å². The van der Waals surface area contributed by atoms with Crippen molar-refractivity contribution in [2.75, 3.05) is 26.8 Å². The lowest BCUT2D eigenvalue weighted by Crippen LogP contribution is -2.33. The van der Waals surface area contributed by atoms with E-state index < -0.39 is 0 Å². The summed E-state index contributed by atoms with van der Waals surface area (Å²) in [6.07, 6.45) is 9.91. The third-order valence-electron chi connectivity index (χ3n) is 4.56. The number of nitrogens with one attached hydrogen (secondary N) is 1. The van der Waals surface area contributed by atoms with Crippen LogP contribution in [0.2, 0.25) is 0 Å². The van der Waals surface area contributed by atoms with E-state index in [1.807, 2.05) is 0 Å². The van der Waals surface area contributed by atoms with E-state index in [-0.39, 0.29) is 0 Å². The van der Waals surface area contributed by atoms with E-state index in [2.05, 4.69) is 12.4 Å². The molecule has 2 heteroatoms. The van der Waals surface area contributed by atoms with E-state index in [0.717, 1.165) is 31.0 Å². The normalized spacial score (nSPS) is 33.6. The molecule has 16 heavy (non-hydrogen) atoms. The summed E-state index contributed by atoms with van der Waals surface area (Å²) in [5.41, 5.74) is 0. The zero-order valence-electron chi connectivity index (χ0n) is 10.7. The van der Waals surface area contributed by atoms with Gasteiger partial charge in [0.05, 0.1) is 0 Å². The lowest BCUT2D eigenvalue weighted by molar-refractivity contribution is 0.0320. The van der Waals surface area contributed by atoms with Gasteiger partial charge in [-0.15, -0.1) is 0 Å². The highest BCUT2D eigenvalue weighted by atomic mass is 16.5. The largest absolute Gasteiger partial charge is 0.381 e. The fourth-order valence-electron chi connectivity index (χ4n) is 3.69. The van der Waals surface area contributed by atoms with Gasteiger partial charge in [-0.3, -0.25) is 0 Å². The van der Waals surface area contributed by atoms with Crippen LogP contribution in [0.1, 0.15) is 44.9 Å². The van der Waals surface area contributed by atoms with Gasteiger partial charge in [-0.1, -0.05) is 19.3 Å². The van der Waals surface area contributed by atoms with Gasteiger partial charge in [0.2, 0.25) is 0 Å². The highest BCUT2D eigenvalue weighted by Crippen LogP contribution is 2.37. The molecule has 1 saturated heterocycles. The molecule has 0 spiro atoms. The lowest BCUT2D eigenvalue weighted by Gasteiger charge is -2.35. The van der Waals surface area contributed by atoms with Crippen molar-refractivity contribution in [3.8, 4) is 0 Å². The van der Waals surface area contributed by atoms with Gasteiger partial charge in [-0.2, -0.15) is 0 Å². The third-order valence-corrected chi connectivity index (χ3v) is 4.56. The number of ether oxygens (including phenoxy) is 1. The summed E-state index contributed by atoms with van der Waals surface area (Å²) in [5.74, 6) is 2.85. The second-order valence-electron chi connectivity index (χ2n) is 5.57. The van der Waals surface area contributed by atoms with E-state index in [1.54, 1.807) is 0 Å². The molecule has 0 aromatic heterocycles. The molecule has 2 unspecified atom stereocenters. The van der Waals surface area contributed by atoms with Gasteiger partial charge < -0.3 is 10.1 Å². The molecule has 2 aliphatic rings. The van der Waals surface area contributed by atoms with Gasteiger partial charge in [0.1, 0.15) is 0 Å². The van der Waals surface area contributed by atoms with Crippen LogP contribution in [-0.2, 0) is 4.74 Å². The molecule has 1 aliphatic carbocycles. The molecule has 2 fully saturated rings. The van der Waals surface area contributed by atoms with E-state index in [4.69, 9.17) is 4.74 Å². The summed E-state index contributed by atoms with van der Waals surface area (Å²) in [6.45, 7) is 3.24. The zero-order chi connectivity index (χ0) is 11.2. The van der Waals surface area contributed by atoms with Crippen LogP contribution in [0.15, 0.2) is 0 Å². The van der Waals surface area contributed by atoms with E-state index in [0.29, 0.717) is 0 Å². The molecule has 1 aliphatic heterocycles. The van der Waals surface area contributed by atoms with Crippen LogP contribution >= 0.6 is 0 Å². The SMILES string of the molecule is CNCC1CCCCCC1C1CCOCC1. The standard InChI is InChI=1S/C14H27NO/c1-15-11-13-5-3-2-4-6-14(13)12-7-9-16-10-8-12/h12-15H,2-11H2,1H3. The Balaban J connectivity index is 1.94. The van der Waals surface area contributed by atoms with Crippen molar-refractivity contribution in [2.24, 2.45) is 17.8 Å². The molecule has 2 nitrogen and oxygen atoms in total. The Hall–Kier alpha value is -0.0800. The van der Waals surface area contributed by atoms with Crippen LogP contribution in [0.5, 0.6) is 0 Å². The summed E-state index contributed by atoms with van der Waals surface area (Å²) in [5, 5.41) is 3.40. The Kier molecular flexibility index (Phi) is 5.11. The Morgan fingerprint density at radius 1 is 1.00 bits per heavy atom. The maximum atomic E-state index is 5.50. The van der Waals surface area contributed by atoms with Crippen LogP contribution in [0.25, 0.3) is 0 Å². The quantitative estimate of drug-likeness (QED) is 0.746. The summed E-state index contributed by atoms with van der Waals surface area (Å²) < 4.78 is 5.50. The Bertz CT molecular complexity index is 189. The minimum absolute atomic E-state index is 0.926. The van der Waals surface area contributed by atoms with Gasteiger partial charge in [-0.25, -0.2) is 0 Å². The first-order valence-corrected chi connectivity index (χ1v) is 7.14. The highest BCUT2D eigenvalue weighted by Gasteiger charge is 2.31. The topological polar surface area (TPSA) is 21.3 Å². The molecule has 2 rings (SSSR count). The first-order chi connectivity index (χ1) is 7.92. The second-order valence-corrected chi connectivity index (χ2v) is 5.57. The molecular formula is C14H27NO. The van der Waals surface area contributed by atoms with Crippen LogP contribution < -0.4 is 5.32 Å². The van der Waals surface area contributed by atoms with Crippen molar-refractivity contribution in [1.29, 1.82) is 0 Å². The third kappa shape index (κ3) is 3.21. The Morgan fingerprint density at radius 2 is 1.75 bits per heavy atom. The van der Waals surface area contributed by atoms with Crippen LogP contribution in [0, 0.1) is 17.8 Å². The summed E-state index contributed by atoms with van der Waals surface area (Å²) in [4.78, 5) is 0. The van der Waals surface area contributed by atoms with Crippen LogP contribution in [0.3, 0.4) is 0 Å². The average molecular weight is 225 g/mol. The summed E-state index contributed by atoms with van der Waals surface area (Å²) >= 11 is 0. The molecule has 1 heterocycles. The minimum atomic E-state index is 0.926. The fourth-order valence-corrected chi connectivity index (χ4v) is 3.69. The molecule has 94 valence electrons. The van der Waals surface area contributed by atoms with Crippen molar-refractivity contribution in [2.45, 2.75) is 44.9 Å². The monoisotopic (exact) mass is 225 g/mol. The van der Waals surface area contributed by atoms with Crippen LogP contribution in [-0.4, -0.2) is 26.8 Å². The molecule has 1 saturated carbocycles. The molecule has 0 aromatic rings. The van der Waals surface area contributed by atoms with E-state index in [9.17, 15) is 0 Å². The number of hydrogen-bond donors (Lipinski definition) is 1. The lowest BCUT2D eigenvalue weighted by atomic mass is 9.75. The molecule has 0 amide bonds. The van der Waals surface area contributed by atoms with Crippen molar-refractivity contribution in [1.82, 2.24) is 5.32 Å². The number of rotatable bonds is 3. The van der Waals surface area contributed by atoms with E-state index in [1.165, 1.54) is 51.5 Å². The average Bonchev–Trinajstić information content (AvgIpc) is 2.56. The maximum absolute atomic E-state index is 5.50. The highest BCUT2D eigenvalue weighted by molar-refractivity contribution is 4.82.